The second-order valence-corrected chi connectivity index (χ2v) is 3.00. The van der Waals surface area contributed by atoms with E-state index in [1.165, 1.54) is 0 Å². The van der Waals surface area contributed by atoms with E-state index in [1.54, 1.807) is 0 Å². The molecule has 13 heavy (non-hydrogen) atoms. The molecule has 4 heteroatoms. The van der Waals surface area contributed by atoms with Crippen molar-refractivity contribution in [1.82, 2.24) is 4.90 Å². The van der Waals surface area contributed by atoms with Crippen LogP contribution in [-0.4, -0.2) is 53.7 Å². The van der Waals surface area contributed by atoms with Gasteiger partial charge in [-0.25, -0.2) is 0 Å². The zero-order valence-electron chi connectivity index (χ0n) is 8.74. The summed E-state index contributed by atoms with van der Waals surface area (Å²) in [5, 5.41) is 16.5. The first-order valence-electron chi connectivity index (χ1n) is 4.81. The summed E-state index contributed by atoms with van der Waals surface area (Å²) in [5.41, 5.74) is 0. The van der Waals surface area contributed by atoms with Gasteiger partial charge < -0.3 is 15.1 Å². The van der Waals surface area contributed by atoms with Gasteiger partial charge in [0.1, 0.15) is 0 Å². The van der Waals surface area contributed by atoms with E-state index in [4.69, 9.17) is 10.2 Å². The predicted octanol–water partition coefficient (Wildman–Crippen LogP) is 0.619. The van der Waals surface area contributed by atoms with Crippen LogP contribution in [0.3, 0.4) is 0 Å². The van der Waals surface area contributed by atoms with E-state index in [9.17, 15) is 0 Å². The van der Waals surface area contributed by atoms with Crippen molar-refractivity contribution in [2.24, 2.45) is 0 Å². The standard InChI is InChI=1S/C6H15NO.C3H8OS/c1-3-7(4-2)5-6-8;4-2-1-3-5/h8H,3-6H2,1-2H3;4-5H,1-3H2. The van der Waals surface area contributed by atoms with Gasteiger partial charge in [0.15, 0.2) is 0 Å². The molecular weight excluding hydrogens is 186 g/mol. The maximum Gasteiger partial charge on any atom is 0.0558 e. The number of likely N-dealkylation sites (N-methyl/N-ethyl adjacent to an activating group) is 1. The Morgan fingerprint density at radius 2 is 1.62 bits per heavy atom. The monoisotopic (exact) mass is 209 g/mol. The van der Waals surface area contributed by atoms with Crippen molar-refractivity contribution >= 4 is 12.6 Å². The van der Waals surface area contributed by atoms with E-state index in [1.807, 2.05) is 0 Å². The third-order valence-corrected chi connectivity index (χ3v) is 1.94. The maximum absolute atomic E-state index is 8.46. The Labute approximate surface area is 87.2 Å². The van der Waals surface area contributed by atoms with Gasteiger partial charge in [0.05, 0.1) is 6.61 Å². The summed E-state index contributed by atoms with van der Waals surface area (Å²) in [7, 11) is 0. The maximum atomic E-state index is 8.46. The highest BCUT2D eigenvalue weighted by molar-refractivity contribution is 7.80. The highest BCUT2D eigenvalue weighted by Gasteiger charge is 1.93. The molecular formula is C9H23NO2S. The molecule has 0 spiro atoms. The first kappa shape index (κ1) is 15.7. The number of thiol groups is 1. The van der Waals surface area contributed by atoms with Crippen LogP contribution in [0, 0.1) is 0 Å². The largest absolute Gasteiger partial charge is 0.396 e. The number of aliphatic hydroxyl groups excluding tert-OH is 2. The molecule has 0 heterocycles. The lowest BCUT2D eigenvalue weighted by Crippen LogP contribution is -2.25. The van der Waals surface area contributed by atoms with E-state index < -0.39 is 0 Å². The molecule has 0 amide bonds. The summed E-state index contributed by atoms with van der Waals surface area (Å²) < 4.78 is 0. The van der Waals surface area contributed by atoms with Crippen molar-refractivity contribution in [3.63, 3.8) is 0 Å². The number of hydrogen-bond donors (Lipinski definition) is 3. The summed E-state index contributed by atoms with van der Waals surface area (Å²) >= 11 is 3.84. The molecule has 0 rings (SSSR count). The fraction of sp³-hybridized carbons (Fsp3) is 1.00. The smallest absolute Gasteiger partial charge is 0.0558 e. The summed E-state index contributed by atoms with van der Waals surface area (Å²) in [4.78, 5) is 2.18. The van der Waals surface area contributed by atoms with E-state index in [0.29, 0.717) is 0 Å². The molecule has 0 fully saturated rings. The van der Waals surface area contributed by atoms with Crippen LogP contribution in [0.4, 0.5) is 0 Å². The van der Waals surface area contributed by atoms with E-state index in [2.05, 4.69) is 31.4 Å². The van der Waals surface area contributed by atoms with Crippen LogP contribution >= 0.6 is 12.6 Å². The average Bonchev–Trinajstić information content (AvgIpc) is 2.16. The minimum absolute atomic E-state index is 0.267. The van der Waals surface area contributed by atoms with Gasteiger partial charge in [0.2, 0.25) is 0 Å². The number of rotatable bonds is 6. The molecule has 0 atom stereocenters. The van der Waals surface area contributed by atoms with Crippen LogP contribution < -0.4 is 0 Å². The summed E-state index contributed by atoms with van der Waals surface area (Å²) in [6.45, 7) is 7.63. The van der Waals surface area contributed by atoms with Crippen LogP contribution in [0.25, 0.3) is 0 Å². The normalized spacial score (nSPS) is 9.69. The molecule has 0 aliphatic heterocycles. The Bertz CT molecular complexity index is 78.0. The van der Waals surface area contributed by atoms with Gasteiger partial charge in [-0.3, -0.25) is 0 Å². The Morgan fingerprint density at radius 1 is 1.08 bits per heavy atom. The fourth-order valence-corrected chi connectivity index (χ4v) is 0.893. The Kier molecular flexibility index (Phi) is 17.8. The lowest BCUT2D eigenvalue weighted by Gasteiger charge is -2.15. The first-order valence-corrected chi connectivity index (χ1v) is 5.44. The van der Waals surface area contributed by atoms with Gasteiger partial charge in [-0.15, -0.1) is 0 Å². The Morgan fingerprint density at radius 3 is 1.69 bits per heavy atom. The molecule has 0 saturated carbocycles. The zero-order chi connectivity index (χ0) is 10.5. The zero-order valence-corrected chi connectivity index (χ0v) is 9.63. The number of hydrogen-bond acceptors (Lipinski definition) is 4. The van der Waals surface area contributed by atoms with Crippen molar-refractivity contribution in [3.05, 3.63) is 0 Å². The Hall–Kier alpha value is 0.230. The molecule has 0 aromatic carbocycles. The lowest BCUT2D eigenvalue weighted by atomic mass is 10.5. The third-order valence-electron chi connectivity index (χ3n) is 1.63. The molecule has 2 N–H and O–H groups in total. The number of nitrogens with zero attached hydrogens (tertiary/aromatic N) is 1. The van der Waals surface area contributed by atoms with Gasteiger partial charge in [0, 0.05) is 13.2 Å². The minimum Gasteiger partial charge on any atom is -0.396 e. The third kappa shape index (κ3) is 15.0. The van der Waals surface area contributed by atoms with Gasteiger partial charge in [-0.05, 0) is 25.3 Å². The van der Waals surface area contributed by atoms with Gasteiger partial charge in [0.25, 0.3) is 0 Å². The van der Waals surface area contributed by atoms with Crippen LogP contribution in [0.1, 0.15) is 20.3 Å². The molecule has 3 nitrogen and oxygen atoms in total. The quantitative estimate of drug-likeness (QED) is 0.562. The highest BCUT2D eigenvalue weighted by atomic mass is 32.1. The first-order chi connectivity index (χ1) is 6.26. The van der Waals surface area contributed by atoms with E-state index >= 15 is 0 Å². The molecule has 0 aromatic heterocycles. The lowest BCUT2D eigenvalue weighted by molar-refractivity contribution is 0.208. The van der Waals surface area contributed by atoms with Gasteiger partial charge >= 0.3 is 0 Å². The van der Waals surface area contributed by atoms with Gasteiger partial charge in [-0.2, -0.15) is 12.6 Å². The topological polar surface area (TPSA) is 43.7 Å². The average molecular weight is 209 g/mol. The van der Waals surface area contributed by atoms with Crippen LogP contribution in [0.15, 0.2) is 0 Å². The van der Waals surface area contributed by atoms with Gasteiger partial charge in [-0.1, -0.05) is 13.8 Å². The second kappa shape index (κ2) is 14.7. The molecule has 0 aromatic rings. The SMILES string of the molecule is CCN(CC)CCO.OCCCS. The minimum atomic E-state index is 0.267. The van der Waals surface area contributed by atoms with Crippen LogP contribution in [0.2, 0.25) is 0 Å². The summed E-state index contributed by atoms with van der Waals surface area (Å²) in [6, 6.07) is 0. The summed E-state index contributed by atoms with van der Waals surface area (Å²) in [5.74, 6) is 0.788. The molecule has 0 bridgehead atoms. The van der Waals surface area contributed by atoms with Crippen molar-refractivity contribution in [2.45, 2.75) is 20.3 Å². The molecule has 0 aliphatic carbocycles. The fourth-order valence-electron chi connectivity index (χ4n) is 0.752. The molecule has 0 saturated heterocycles. The predicted molar refractivity (Wildman–Crippen MR) is 60.4 cm³/mol. The van der Waals surface area contributed by atoms with E-state index in [-0.39, 0.29) is 13.2 Å². The van der Waals surface area contributed by atoms with E-state index in [0.717, 1.165) is 31.8 Å². The second-order valence-electron chi connectivity index (χ2n) is 2.55. The van der Waals surface area contributed by atoms with Crippen molar-refractivity contribution in [3.8, 4) is 0 Å². The van der Waals surface area contributed by atoms with Crippen molar-refractivity contribution < 1.29 is 10.2 Å². The molecule has 82 valence electrons. The highest BCUT2D eigenvalue weighted by Crippen LogP contribution is 1.82. The van der Waals surface area contributed by atoms with Crippen molar-refractivity contribution in [2.75, 3.05) is 38.6 Å². The molecule has 0 unspecified atom stereocenters. The van der Waals surface area contributed by atoms with Crippen LogP contribution in [-0.2, 0) is 0 Å². The summed E-state index contributed by atoms with van der Waals surface area (Å²) in [6.07, 6.45) is 0.809. The van der Waals surface area contributed by atoms with Crippen LogP contribution in [0.5, 0.6) is 0 Å². The van der Waals surface area contributed by atoms with Crippen molar-refractivity contribution in [1.29, 1.82) is 0 Å². The molecule has 0 radical (unpaired) electrons. The number of aliphatic hydroxyl groups is 2. The Balaban J connectivity index is 0. The molecule has 0 aliphatic rings.